The van der Waals surface area contributed by atoms with E-state index in [-0.39, 0.29) is 12.3 Å². The molecule has 0 saturated heterocycles. The maximum atomic E-state index is 12.3. The van der Waals surface area contributed by atoms with E-state index in [0.717, 1.165) is 27.7 Å². The van der Waals surface area contributed by atoms with E-state index in [0.29, 0.717) is 0 Å². The summed E-state index contributed by atoms with van der Waals surface area (Å²) in [7, 11) is 0. The molecule has 0 unspecified atom stereocenters. The molecule has 126 valence electrons. The van der Waals surface area contributed by atoms with Gasteiger partial charge < -0.3 is 16.4 Å². The number of halogens is 1. The number of rotatable bonds is 6. The number of urea groups is 1. The van der Waals surface area contributed by atoms with Crippen LogP contribution in [0, 0.1) is 0 Å². The van der Waals surface area contributed by atoms with Crippen molar-refractivity contribution in [3.63, 3.8) is 0 Å². The fraction of sp³-hybridized carbons (Fsp3) is 0.222. The molecule has 0 spiro atoms. The first kappa shape index (κ1) is 18.0. The van der Waals surface area contributed by atoms with Gasteiger partial charge in [0.1, 0.15) is 0 Å². The molecule has 0 saturated carbocycles. The van der Waals surface area contributed by atoms with E-state index in [2.05, 4.69) is 33.5 Å². The van der Waals surface area contributed by atoms with Crippen molar-refractivity contribution in [2.45, 2.75) is 25.8 Å². The van der Waals surface area contributed by atoms with Gasteiger partial charge in [-0.05, 0) is 41.8 Å². The number of hydrogen-bond donors (Lipinski definition) is 3. The summed E-state index contributed by atoms with van der Waals surface area (Å²) in [5.41, 5.74) is 7.94. The average Bonchev–Trinajstić information content (AvgIpc) is 2.54. The maximum absolute atomic E-state index is 12.3. The van der Waals surface area contributed by atoms with Crippen molar-refractivity contribution >= 4 is 33.6 Å². The lowest BCUT2D eigenvalue weighted by molar-refractivity contribution is -0.116. The van der Waals surface area contributed by atoms with Crippen LogP contribution in [0.2, 0.25) is 0 Å². The normalized spacial score (nSPS) is 11.6. The Hall–Kier alpha value is -2.34. The Bertz CT molecular complexity index is 716. The second-order valence-electron chi connectivity index (χ2n) is 5.42. The third kappa shape index (κ3) is 5.38. The number of primary amides is 1. The molecular formula is C18H20BrN3O2. The van der Waals surface area contributed by atoms with Crippen LogP contribution in [0.15, 0.2) is 53.0 Å². The zero-order valence-electron chi connectivity index (χ0n) is 13.4. The molecule has 0 aliphatic heterocycles. The number of anilines is 1. The average molecular weight is 390 g/mol. The van der Waals surface area contributed by atoms with Gasteiger partial charge in [0, 0.05) is 10.2 Å². The van der Waals surface area contributed by atoms with Crippen LogP contribution < -0.4 is 16.4 Å². The fourth-order valence-corrected chi connectivity index (χ4v) is 2.65. The third-order valence-electron chi connectivity index (χ3n) is 3.60. The Morgan fingerprint density at radius 3 is 2.50 bits per heavy atom. The van der Waals surface area contributed by atoms with E-state index < -0.39 is 12.1 Å². The van der Waals surface area contributed by atoms with Gasteiger partial charge in [-0.2, -0.15) is 0 Å². The Morgan fingerprint density at radius 1 is 1.17 bits per heavy atom. The Labute approximate surface area is 149 Å². The number of amides is 3. The van der Waals surface area contributed by atoms with Crippen LogP contribution in [0.3, 0.4) is 0 Å². The van der Waals surface area contributed by atoms with E-state index >= 15 is 0 Å². The third-order valence-corrected chi connectivity index (χ3v) is 4.13. The number of nitrogens with one attached hydrogen (secondary N) is 2. The van der Waals surface area contributed by atoms with Crippen LogP contribution in [0.25, 0.3) is 0 Å². The number of benzene rings is 2. The van der Waals surface area contributed by atoms with Crippen LogP contribution in [0.5, 0.6) is 0 Å². The molecule has 4 N–H and O–H groups in total. The maximum Gasteiger partial charge on any atom is 0.312 e. The highest BCUT2D eigenvalue weighted by atomic mass is 79.9. The van der Waals surface area contributed by atoms with Crippen LogP contribution >= 0.6 is 15.9 Å². The monoisotopic (exact) mass is 389 g/mol. The summed E-state index contributed by atoms with van der Waals surface area (Å²) in [5, 5.41) is 5.48. The van der Waals surface area contributed by atoms with Crippen molar-refractivity contribution in [1.29, 1.82) is 0 Å². The minimum Gasteiger partial charge on any atom is -0.352 e. The Morgan fingerprint density at radius 2 is 1.88 bits per heavy atom. The number of nitrogens with two attached hydrogens (primary N) is 1. The van der Waals surface area contributed by atoms with Gasteiger partial charge in [-0.3, -0.25) is 4.79 Å². The number of carbonyl (C=O) groups excluding carboxylic acids is 2. The summed E-state index contributed by atoms with van der Waals surface area (Å²) in [6, 6.07) is 13.9. The topological polar surface area (TPSA) is 84.2 Å². The molecule has 0 bridgehead atoms. The van der Waals surface area contributed by atoms with Crippen LogP contribution in [0.4, 0.5) is 10.5 Å². The second-order valence-corrected chi connectivity index (χ2v) is 6.33. The van der Waals surface area contributed by atoms with Gasteiger partial charge in [0.15, 0.2) is 0 Å². The van der Waals surface area contributed by atoms with Crippen molar-refractivity contribution in [2.75, 3.05) is 5.32 Å². The summed E-state index contributed by atoms with van der Waals surface area (Å²) in [6.45, 7) is 2.06. The highest BCUT2D eigenvalue weighted by Crippen LogP contribution is 2.21. The SMILES string of the molecule is CCc1cccc(NC(=O)C[C@@H](NC(N)=O)c2ccc(Br)cc2)c1. The van der Waals surface area contributed by atoms with E-state index in [1.54, 1.807) is 0 Å². The van der Waals surface area contributed by atoms with Gasteiger partial charge in [0.25, 0.3) is 0 Å². The van der Waals surface area contributed by atoms with Crippen molar-refractivity contribution in [3.05, 3.63) is 64.1 Å². The first-order valence-corrected chi connectivity index (χ1v) is 8.47. The first-order chi connectivity index (χ1) is 11.5. The van der Waals surface area contributed by atoms with Crippen LogP contribution in [-0.2, 0) is 11.2 Å². The van der Waals surface area contributed by atoms with E-state index in [9.17, 15) is 9.59 Å². The molecular weight excluding hydrogens is 370 g/mol. The van der Waals surface area contributed by atoms with Gasteiger partial charge in [0.2, 0.25) is 5.91 Å². The summed E-state index contributed by atoms with van der Waals surface area (Å²) >= 11 is 3.36. The zero-order chi connectivity index (χ0) is 17.5. The van der Waals surface area contributed by atoms with Crippen molar-refractivity contribution in [2.24, 2.45) is 5.73 Å². The minimum absolute atomic E-state index is 0.0981. The second kappa shape index (κ2) is 8.49. The number of carbonyl (C=O) groups is 2. The quantitative estimate of drug-likeness (QED) is 0.702. The lowest BCUT2D eigenvalue weighted by Gasteiger charge is -2.18. The highest BCUT2D eigenvalue weighted by Gasteiger charge is 2.17. The lowest BCUT2D eigenvalue weighted by Crippen LogP contribution is -2.35. The van der Waals surface area contributed by atoms with Gasteiger partial charge in [-0.1, -0.05) is 47.1 Å². The lowest BCUT2D eigenvalue weighted by atomic mass is 10.0. The van der Waals surface area contributed by atoms with E-state index in [1.807, 2.05) is 48.5 Å². The molecule has 24 heavy (non-hydrogen) atoms. The molecule has 2 aromatic rings. The predicted octanol–water partition coefficient (Wildman–Crippen LogP) is 3.75. The highest BCUT2D eigenvalue weighted by molar-refractivity contribution is 9.10. The molecule has 5 nitrogen and oxygen atoms in total. The van der Waals surface area contributed by atoms with Gasteiger partial charge >= 0.3 is 6.03 Å². The first-order valence-electron chi connectivity index (χ1n) is 7.68. The fourth-order valence-electron chi connectivity index (χ4n) is 2.39. The summed E-state index contributed by atoms with van der Waals surface area (Å²) in [4.78, 5) is 23.6. The molecule has 3 amide bonds. The molecule has 0 fully saturated rings. The summed E-state index contributed by atoms with van der Waals surface area (Å²) < 4.78 is 0.921. The number of hydrogen-bond acceptors (Lipinski definition) is 2. The molecule has 0 radical (unpaired) electrons. The molecule has 0 aliphatic carbocycles. The summed E-state index contributed by atoms with van der Waals surface area (Å²) in [5.74, 6) is -0.190. The standard InChI is InChI=1S/C18H20BrN3O2/c1-2-12-4-3-5-15(10-12)21-17(23)11-16(22-18(20)24)13-6-8-14(19)9-7-13/h3-10,16H,2,11H2,1H3,(H,21,23)(H3,20,22,24)/t16-/m1/s1. The van der Waals surface area contributed by atoms with Gasteiger partial charge in [-0.25, -0.2) is 4.79 Å². The minimum atomic E-state index is -0.663. The van der Waals surface area contributed by atoms with E-state index in [1.165, 1.54) is 0 Å². The smallest absolute Gasteiger partial charge is 0.312 e. The summed E-state index contributed by atoms with van der Waals surface area (Å²) in [6.07, 6.45) is 0.995. The molecule has 0 aromatic heterocycles. The van der Waals surface area contributed by atoms with Gasteiger partial charge in [0.05, 0.1) is 12.5 Å². The van der Waals surface area contributed by atoms with Crippen LogP contribution in [0.1, 0.15) is 30.5 Å². The van der Waals surface area contributed by atoms with Crippen molar-refractivity contribution in [1.82, 2.24) is 5.32 Å². The van der Waals surface area contributed by atoms with Gasteiger partial charge in [-0.15, -0.1) is 0 Å². The molecule has 0 heterocycles. The molecule has 0 aliphatic rings. The van der Waals surface area contributed by atoms with E-state index in [4.69, 9.17) is 5.73 Å². The molecule has 2 rings (SSSR count). The molecule has 2 aromatic carbocycles. The largest absolute Gasteiger partial charge is 0.352 e. The molecule has 6 heteroatoms. The van der Waals surface area contributed by atoms with Crippen molar-refractivity contribution < 1.29 is 9.59 Å². The van der Waals surface area contributed by atoms with Crippen LogP contribution in [-0.4, -0.2) is 11.9 Å². The Balaban J connectivity index is 2.08. The number of aryl methyl sites for hydroxylation is 1. The Kier molecular flexibility index (Phi) is 6.37. The van der Waals surface area contributed by atoms with Crippen molar-refractivity contribution in [3.8, 4) is 0 Å². The predicted molar refractivity (Wildman–Crippen MR) is 98.7 cm³/mol. The molecule has 1 atom stereocenters. The zero-order valence-corrected chi connectivity index (χ0v) is 15.0.